The van der Waals surface area contributed by atoms with Crippen LogP contribution in [-0.2, 0) is 14.3 Å². The van der Waals surface area contributed by atoms with Crippen LogP contribution >= 0.6 is 22.9 Å². The van der Waals surface area contributed by atoms with E-state index in [-0.39, 0.29) is 24.0 Å². The number of rotatable bonds is 3. The number of hydrogen-bond donors (Lipinski definition) is 0. The molecule has 1 aliphatic rings. The summed E-state index contributed by atoms with van der Waals surface area (Å²) in [6, 6.07) is 0. The number of fused-ring (bicyclic) bond motifs is 1. The molecule has 1 aliphatic heterocycles. The van der Waals surface area contributed by atoms with E-state index in [9.17, 15) is 14.4 Å². The van der Waals surface area contributed by atoms with Gasteiger partial charge in [0.1, 0.15) is 6.61 Å². The molecule has 10 heteroatoms. The van der Waals surface area contributed by atoms with Crippen LogP contribution in [0.1, 0.15) is 10.5 Å². The second-order valence-electron chi connectivity index (χ2n) is 4.04. The lowest BCUT2D eigenvalue weighted by atomic mass is 10.4. The molecule has 0 aromatic carbocycles. The van der Waals surface area contributed by atoms with Crippen molar-refractivity contribution in [2.45, 2.75) is 0 Å². The number of thiazole rings is 1. The van der Waals surface area contributed by atoms with Gasteiger partial charge in [-0.25, -0.2) is 19.5 Å². The number of nitrogens with zero attached hydrogens (tertiary/aromatic N) is 3. The third kappa shape index (κ3) is 2.45. The second-order valence-corrected chi connectivity index (χ2v) is 5.27. The van der Waals surface area contributed by atoms with Gasteiger partial charge in [0.15, 0.2) is 22.4 Å². The Hall–Kier alpha value is -2.13. The number of imidazole rings is 1. The number of ether oxygens (including phenoxy) is 2. The number of carbonyl (C=O) groups excluding carboxylic acids is 3. The van der Waals surface area contributed by atoms with E-state index in [1.54, 1.807) is 11.6 Å². The average molecular weight is 330 g/mol. The summed E-state index contributed by atoms with van der Waals surface area (Å²) in [6.45, 7) is -0.276. The molecule has 2 aromatic heterocycles. The molecule has 21 heavy (non-hydrogen) atoms. The Labute approximate surface area is 126 Å². The van der Waals surface area contributed by atoms with Gasteiger partial charge in [-0.1, -0.05) is 11.6 Å². The third-order valence-electron chi connectivity index (χ3n) is 2.80. The molecular weight excluding hydrogens is 322 g/mol. The number of hydrogen-bond acceptors (Lipinski definition) is 7. The zero-order valence-electron chi connectivity index (χ0n) is 10.4. The van der Waals surface area contributed by atoms with E-state index >= 15 is 0 Å². The van der Waals surface area contributed by atoms with Crippen molar-refractivity contribution in [3.8, 4) is 0 Å². The van der Waals surface area contributed by atoms with Gasteiger partial charge in [-0.15, -0.1) is 11.3 Å². The fourth-order valence-electron chi connectivity index (χ4n) is 1.84. The summed E-state index contributed by atoms with van der Waals surface area (Å²) in [5, 5.41) is 1.74. The van der Waals surface area contributed by atoms with Crippen molar-refractivity contribution < 1.29 is 23.9 Å². The summed E-state index contributed by atoms with van der Waals surface area (Å²) in [5.41, 5.74) is 0.0460. The van der Waals surface area contributed by atoms with E-state index < -0.39 is 24.6 Å². The SMILES string of the molecule is O=C(OCC(=O)N1CCOC1=O)c1c(Cl)nc2sccn12. The first kappa shape index (κ1) is 13.8. The maximum absolute atomic E-state index is 12.0. The van der Waals surface area contributed by atoms with Crippen LogP contribution < -0.4 is 0 Å². The van der Waals surface area contributed by atoms with Gasteiger partial charge in [-0.2, -0.15) is 0 Å². The van der Waals surface area contributed by atoms with Crippen LogP contribution in [0, 0.1) is 0 Å². The Bertz CT molecular complexity index is 739. The number of imide groups is 1. The average Bonchev–Trinajstić information content (AvgIpc) is 3.11. The molecule has 0 unspecified atom stereocenters. The van der Waals surface area contributed by atoms with Crippen LogP contribution in [0.25, 0.3) is 4.96 Å². The van der Waals surface area contributed by atoms with Crippen LogP contribution in [0.3, 0.4) is 0 Å². The zero-order valence-corrected chi connectivity index (χ0v) is 12.0. The van der Waals surface area contributed by atoms with Gasteiger partial charge in [-0.05, 0) is 0 Å². The smallest absolute Gasteiger partial charge is 0.416 e. The lowest BCUT2D eigenvalue weighted by molar-refractivity contribution is -0.131. The van der Waals surface area contributed by atoms with Gasteiger partial charge < -0.3 is 9.47 Å². The predicted molar refractivity (Wildman–Crippen MR) is 71.4 cm³/mol. The molecule has 0 spiro atoms. The third-order valence-corrected chi connectivity index (χ3v) is 3.82. The van der Waals surface area contributed by atoms with E-state index in [0.717, 1.165) is 4.90 Å². The molecule has 110 valence electrons. The predicted octanol–water partition coefficient (Wildman–Crippen LogP) is 1.18. The molecule has 0 radical (unpaired) electrons. The minimum absolute atomic E-state index is 0.000110. The molecule has 0 aliphatic carbocycles. The fraction of sp³-hybridized carbons (Fsp3) is 0.273. The van der Waals surface area contributed by atoms with Crippen LogP contribution in [0.2, 0.25) is 5.15 Å². The molecule has 2 amide bonds. The fourth-order valence-corrected chi connectivity index (χ4v) is 2.85. The Morgan fingerprint density at radius 1 is 1.52 bits per heavy atom. The highest BCUT2D eigenvalue weighted by molar-refractivity contribution is 7.15. The summed E-state index contributed by atoms with van der Waals surface area (Å²) >= 11 is 7.18. The van der Waals surface area contributed by atoms with Crippen molar-refractivity contribution in [2.24, 2.45) is 0 Å². The highest BCUT2D eigenvalue weighted by Gasteiger charge is 2.29. The molecular formula is C11H8ClN3O5S. The maximum Gasteiger partial charge on any atom is 0.416 e. The number of carbonyl (C=O) groups is 3. The quantitative estimate of drug-likeness (QED) is 0.785. The number of aromatic nitrogens is 2. The molecule has 0 atom stereocenters. The summed E-state index contributed by atoms with van der Waals surface area (Å²) in [6.07, 6.45) is 0.883. The van der Waals surface area contributed by atoms with Gasteiger partial charge >= 0.3 is 12.1 Å². The van der Waals surface area contributed by atoms with Crippen LogP contribution in [0.5, 0.6) is 0 Å². The van der Waals surface area contributed by atoms with Crippen molar-refractivity contribution in [3.63, 3.8) is 0 Å². The second kappa shape index (κ2) is 5.34. The Balaban J connectivity index is 1.69. The van der Waals surface area contributed by atoms with Crippen LogP contribution in [0.15, 0.2) is 11.6 Å². The van der Waals surface area contributed by atoms with Crippen molar-refractivity contribution in [1.82, 2.24) is 14.3 Å². The number of halogens is 1. The first-order chi connectivity index (χ1) is 10.1. The molecule has 3 heterocycles. The molecule has 0 N–H and O–H groups in total. The molecule has 1 saturated heterocycles. The normalized spacial score (nSPS) is 14.5. The van der Waals surface area contributed by atoms with Crippen LogP contribution in [0.4, 0.5) is 4.79 Å². The Kier molecular flexibility index (Phi) is 3.52. The van der Waals surface area contributed by atoms with E-state index in [4.69, 9.17) is 16.3 Å². The highest BCUT2D eigenvalue weighted by atomic mass is 35.5. The first-order valence-corrected chi connectivity index (χ1v) is 7.09. The largest absolute Gasteiger partial charge is 0.451 e. The standard InChI is InChI=1S/C11H8ClN3O5S/c12-8-7(15-2-4-21-10(15)13-8)9(17)20-5-6(16)14-1-3-19-11(14)18/h2,4H,1,3,5H2. The summed E-state index contributed by atoms with van der Waals surface area (Å²) in [4.78, 5) is 40.3. The van der Waals surface area contributed by atoms with Crippen molar-refractivity contribution >= 4 is 45.9 Å². The molecule has 0 saturated carbocycles. The number of cyclic esters (lactones) is 1. The van der Waals surface area contributed by atoms with E-state index in [1.165, 1.54) is 15.7 Å². The van der Waals surface area contributed by atoms with Crippen LogP contribution in [-0.4, -0.2) is 52.0 Å². The number of amides is 2. The van der Waals surface area contributed by atoms with E-state index in [1.807, 2.05) is 0 Å². The molecule has 8 nitrogen and oxygen atoms in total. The van der Waals surface area contributed by atoms with Gasteiger partial charge in [0.05, 0.1) is 6.54 Å². The summed E-state index contributed by atoms with van der Waals surface area (Å²) < 4.78 is 11.0. The molecule has 2 aromatic rings. The minimum atomic E-state index is -0.785. The lowest BCUT2D eigenvalue weighted by Gasteiger charge is -2.10. The summed E-state index contributed by atoms with van der Waals surface area (Å²) in [5.74, 6) is -1.43. The minimum Gasteiger partial charge on any atom is -0.451 e. The molecule has 0 bridgehead atoms. The topological polar surface area (TPSA) is 90.2 Å². The maximum atomic E-state index is 12.0. The zero-order chi connectivity index (χ0) is 15.0. The van der Waals surface area contributed by atoms with E-state index in [2.05, 4.69) is 9.72 Å². The van der Waals surface area contributed by atoms with Crippen molar-refractivity contribution in [3.05, 3.63) is 22.4 Å². The van der Waals surface area contributed by atoms with Crippen molar-refractivity contribution in [2.75, 3.05) is 19.8 Å². The Morgan fingerprint density at radius 2 is 2.33 bits per heavy atom. The van der Waals surface area contributed by atoms with Gasteiger partial charge in [0.25, 0.3) is 5.91 Å². The first-order valence-electron chi connectivity index (χ1n) is 5.83. The monoisotopic (exact) mass is 329 g/mol. The summed E-state index contributed by atoms with van der Waals surface area (Å²) in [7, 11) is 0. The van der Waals surface area contributed by atoms with E-state index in [0.29, 0.717) is 4.96 Å². The highest BCUT2D eigenvalue weighted by Crippen LogP contribution is 2.22. The Morgan fingerprint density at radius 3 is 3.05 bits per heavy atom. The lowest BCUT2D eigenvalue weighted by Crippen LogP contribution is -2.35. The molecule has 1 fully saturated rings. The van der Waals surface area contributed by atoms with Gasteiger partial charge in [0.2, 0.25) is 0 Å². The number of esters is 1. The molecule has 3 rings (SSSR count). The van der Waals surface area contributed by atoms with Crippen molar-refractivity contribution in [1.29, 1.82) is 0 Å². The van der Waals surface area contributed by atoms with Gasteiger partial charge in [0, 0.05) is 11.6 Å². The van der Waals surface area contributed by atoms with Gasteiger partial charge in [-0.3, -0.25) is 9.20 Å².